The first kappa shape index (κ1) is 14.0. The second-order valence-corrected chi connectivity index (χ2v) is 3.09. The quantitative estimate of drug-likeness (QED) is 0.710. The summed E-state index contributed by atoms with van der Waals surface area (Å²) >= 11 is 0. The van der Waals surface area contributed by atoms with E-state index in [1.54, 1.807) is 0 Å². The van der Waals surface area contributed by atoms with Crippen LogP contribution in [0.3, 0.4) is 0 Å². The molecule has 2 saturated heterocycles. The smallest absolute Gasteiger partial charge is 0.182 e. The van der Waals surface area contributed by atoms with E-state index in [1.807, 2.05) is 13.8 Å². The summed E-state index contributed by atoms with van der Waals surface area (Å²) in [6.07, 6.45) is 0.993. The van der Waals surface area contributed by atoms with Crippen LogP contribution in [0.4, 0.5) is 0 Å². The Kier molecular flexibility index (Phi) is 6.95. The van der Waals surface area contributed by atoms with Crippen molar-refractivity contribution in [3.8, 4) is 0 Å². The molecule has 1 N–H and O–H groups in total. The normalized spacial score (nSPS) is 29.3. The van der Waals surface area contributed by atoms with Gasteiger partial charge in [0.05, 0.1) is 19.8 Å². The average molecular weight is 262 g/mol. The van der Waals surface area contributed by atoms with Crippen LogP contribution in [0.15, 0.2) is 0 Å². The van der Waals surface area contributed by atoms with Crippen molar-refractivity contribution >= 4 is 0 Å². The summed E-state index contributed by atoms with van der Waals surface area (Å²) in [4.78, 5) is 0. The zero-order chi connectivity index (χ0) is 9.03. The van der Waals surface area contributed by atoms with Gasteiger partial charge in [-0.15, -0.1) is 0 Å². The van der Waals surface area contributed by atoms with E-state index >= 15 is 0 Å². The second kappa shape index (κ2) is 6.46. The van der Waals surface area contributed by atoms with Gasteiger partial charge >= 0.3 is 0 Å². The van der Waals surface area contributed by atoms with Crippen LogP contribution in [0.25, 0.3) is 0 Å². The Morgan fingerprint density at radius 2 is 1.77 bits per heavy atom. The molecule has 1 radical (unpaired) electrons. The minimum absolute atomic E-state index is 0. The molecule has 0 aromatic heterocycles. The van der Waals surface area contributed by atoms with Gasteiger partial charge in [-0.1, -0.05) is 13.8 Å². The summed E-state index contributed by atoms with van der Waals surface area (Å²) in [6, 6.07) is 0.540. The fourth-order valence-corrected chi connectivity index (χ4v) is 1.66. The molecule has 75 valence electrons. The van der Waals surface area contributed by atoms with E-state index in [2.05, 4.69) is 12.2 Å². The molecule has 2 aliphatic rings. The number of hydrogen-bond donors (Lipinski definition) is 1. The van der Waals surface area contributed by atoms with Gasteiger partial charge in [0.2, 0.25) is 0 Å². The van der Waals surface area contributed by atoms with E-state index in [4.69, 9.17) is 9.47 Å². The third kappa shape index (κ3) is 3.56. The minimum atomic E-state index is -0.251. The Labute approximate surface area is 106 Å². The van der Waals surface area contributed by atoms with Gasteiger partial charge < -0.3 is 14.8 Å². The molecule has 2 aliphatic heterocycles. The van der Waals surface area contributed by atoms with E-state index in [-0.39, 0.29) is 38.5 Å². The summed E-state index contributed by atoms with van der Waals surface area (Å²) in [5, 5.41) is 3.30. The van der Waals surface area contributed by atoms with Crippen molar-refractivity contribution in [2.24, 2.45) is 0 Å². The third-order valence-corrected chi connectivity index (χ3v) is 2.15. The molecule has 0 aliphatic carbocycles. The number of hydrogen-bond acceptors (Lipinski definition) is 3. The van der Waals surface area contributed by atoms with Crippen LogP contribution < -0.4 is 5.32 Å². The molecule has 0 bridgehead atoms. The van der Waals surface area contributed by atoms with Gasteiger partial charge in [0.15, 0.2) is 5.79 Å². The van der Waals surface area contributed by atoms with Crippen molar-refractivity contribution in [1.29, 1.82) is 0 Å². The minimum Gasteiger partial charge on any atom is -0.346 e. The summed E-state index contributed by atoms with van der Waals surface area (Å²) in [5.41, 5.74) is 0. The summed E-state index contributed by atoms with van der Waals surface area (Å²) in [7, 11) is 0. The predicted molar refractivity (Wildman–Crippen MR) is 48.1 cm³/mol. The van der Waals surface area contributed by atoms with Crippen LogP contribution in [-0.2, 0) is 42.2 Å². The van der Waals surface area contributed by atoms with Gasteiger partial charge in [-0.3, -0.25) is 0 Å². The Balaban J connectivity index is 0.000000451. The summed E-state index contributed by atoms with van der Waals surface area (Å²) < 4.78 is 11.0. The van der Waals surface area contributed by atoms with Gasteiger partial charge in [-0.2, -0.15) is 0 Å². The van der Waals surface area contributed by atoms with Gasteiger partial charge in [0.25, 0.3) is 0 Å². The van der Waals surface area contributed by atoms with E-state index < -0.39 is 0 Å². The van der Waals surface area contributed by atoms with Crippen molar-refractivity contribution in [2.45, 2.75) is 39.0 Å². The van der Waals surface area contributed by atoms with Crippen LogP contribution in [0.2, 0.25) is 0 Å². The van der Waals surface area contributed by atoms with Gasteiger partial charge in [0, 0.05) is 45.2 Å². The fourth-order valence-electron chi connectivity index (χ4n) is 1.66. The molecule has 1 atom stereocenters. The third-order valence-electron chi connectivity index (χ3n) is 2.15. The standard InChI is InChI=1S/C7H13NO2.C2H6.Y/c1-6-4-7(5-8-6)9-2-3-10-7;1-2;/h6,8H,2-5H2,1H3;1-2H3;. The van der Waals surface area contributed by atoms with Crippen LogP contribution in [0.5, 0.6) is 0 Å². The van der Waals surface area contributed by atoms with E-state index in [0.29, 0.717) is 6.04 Å². The molecule has 0 aromatic rings. The monoisotopic (exact) mass is 262 g/mol. The van der Waals surface area contributed by atoms with Crippen molar-refractivity contribution in [3.05, 3.63) is 0 Å². The van der Waals surface area contributed by atoms with Crippen molar-refractivity contribution in [3.63, 3.8) is 0 Å². The average Bonchev–Trinajstić information content (AvgIpc) is 2.68. The second-order valence-electron chi connectivity index (χ2n) is 3.09. The fraction of sp³-hybridized carbons (Fsp3) is 1.00. The SMILES string of the molecule is CC.CC1CC2(CN1)OCCO2.[Y]. The molecule has 0 amide bonds. The largest absolute Gasteiger partial charge is 0.346 e. The maximum atomic E-state index is 5.49. The zero-order valence-corrected chi connectivity index (χ0v) is 11.6. The van der Waals surface area contributed by atoms with Crippen LogP contribution >= 0.6 is 0 Å². The molecule has 1 unspecified atom stereocenters. The molecular weight excluding hydrogens is 243 g/mol. The first-order valence-electron chi connectivity index (χ1n) is 4.82. The number of ether oxygens (including phenoxy) is 2. The first-order valence-corrected chi connectivity index (χ1v) is 4.82. The molecule has 4 heteroatoms. The first-order chi connectivity index (χ1) is 5.81. The van der Waals surface area contributed by atoms with Crippen LogP contribution in [-0.4, -0.2) is 31.6 Å². The maximum absolute atomic E-state index is 5.49. The Hall–Kier alpha value is 0.984. The number of nitrogens with one attached hydrogen (secondary N) is 1. The topological polar surface area (TPSA) is 30.5 Å². The van der Waals surface area contributed by atoms with Crippen molar-refractivity contribution in [2.75, 3.05) is 19.8 Å². The van der Waals surface area contributed by atoms with E-state index in [9.17, 15) is 0 Å². The summed E-state index contributed by atoms with van der Waals surface area (Å²) in [5.74, 6) is -0.251. The van der Waals surface area contributed by atoms with E-state index in [0.717, 1.165) is 26.2 Å². The van der Waals surface area contributed by atoms with Gasteiger partial charge in [-0.25, -0.2) is 0 Å². The zero-order valence-electron chi connectivity index (χ0n) is 8.80. The van der Waals surface area contributed by atoms with Gasteiger partial charge in [0.1, 0.15) is 0 Å². The predicted octanol–water partition coefficient (Wildman–Crippen LogP) is 1.14. The molecule has 1 spiro atoms. The molecule has 2 rings (SSSR count). The Morgan fingerprint density at radius 1 is 1.23 bits per heavy atom. The van der Waals surface area contributed by atoms with Gasteiger partial charge in [-0.05, 0) is 6.92 Å². The van der Waals surface area contributed by atoms with Crippen molar-refractivity contribution in [1.82, 2.24) is 5.32 Å². The number of rotatable bonds is 0. The van der Waals surface area contributed by atoms with Crippen LogP contribution in [0.1, 0.15) is 27.2 Å². The Morgan fingerprint density at radius 3 is 2.15 bits per heavy atom. The van der Waals surface area contributed by atoms with Crippen molar-refractivity contribution < 1.29 is 42.2 Å². The van der Waals surface area contributed by atoms with Crippen LogP contribution in [0, 0.1) is 0 Å². The molecule has 13 heavy (non-hydrogen) atoms. The molecule has 2 fully saturated rings. The summed E-state index contributed by atoms with van der Waals surface area (Å²) in [6.45, 7) is 8.52. The molecular formula is C9H19NO2Y. The maximum Gasteiger partial charge on any atom is 0.182 e. The van der Waals surface area contributed by atoms with E-state index in [1.165, 1.54) is 0 Å². The molecule has 0 saturated carbocycles. The Bertz CT molecular complexity index is 138. The molecule has 2 heterocycles. The molecule has 0 aromatic carbocycles. The molecule has 3 nitrogen and oxygen atoms in total.